The zero-order valence-electron chi connectivity index (χ0n) is 12.7. The molecule has 1 aliphatic rings. The highest BCUT2D eigenvalue weighted by Crippen LogP contribution is 2.36. The molecule has 0 N–H and O–H groups in total. The molecule has 3 rings (SSSR count). The predicted molar refractivity (Wildman–Crippen MR) is 84.7 cm³/mol. The van der Waals surface area contributed by atoms with Gasteiger partial charge in [-0.25, -0.2) is 0 Å². The maximum Gasteiger partial charge on any atom is 0.573 e. The van der Waals surface area contributed by atoms with E-state index in [1.807, 2.05) is 24.3 Å². The molecule has 0 aromatic heterocycles. The SMILES string of the molecule is O=CC1C(=Cc2cccc(OC(F)(F)F)c2)CCc2ccccc21. The number of aldehydes is 1. The first-order valence-corrected chi connectivity index (χ1v) is 7.55. The molecule has 0 fully saturated rings. The van der Waals surface area contributed by atoms with Gasteiger partial charge in [-0.05, 0) is 41.7 Å². The quantitative estimate of drug-likeness (QED) is 0.748. The average molecular weight is 332 g/mol. The van der Waals surface area contributed by atoms with Crippen LogP contribution in [0.4, 0.5) is 13.2 Å². The van der Waals surface area contributed by atoms with Crippen molar-refractivity contribution in [1.82, 2.24) is 0 Å². The number of ether oxygens (including phenoxy) is 1. The average Bonchev–Trinajstić information content (AvgIpc) is 2.53. The van der Waals surface area contributed by atoms with Crippen LogP contribution in [-0.2, 0) is 11.2 Å². The Hall–Kier alpha value is -2.56. The van der Waals surface area contributed by atoms with Crippen LogP contribution in [0.1, 0.15) is 29.0 Å². The standard InChI is InChI=1S/C19H15F3O2/c20-19(21,22)24-16-6-3-4-13(11-16)10-15-9-8-14-5-1-2-7-17(14)18(15)12-23/h1-7,10-12,18H,8-9H2. The Bertz CT molecular complexity index is 778. The van der Waals surface area contributed by atoms with Crippen LogP contribution in [0.5, 0.6) is 5.75 Å². The lowest BCUT2D eigenvalue weighted by atomic mass is 9.79. The Labute approximate surface area is 137 Å². The molecule has 0 radical (unpaired) electrons. The summed E-state index contributed by atoms with van der Waals surface area (Å²) in [5, 5.41) is 0. The van der Waals surface area contributed by atoms with Gasteiger partial charge in [0.2, 0.25) is 0 Å². The number of benzene rings is 2. The van der Waals surface area contributed by atoms with Crippen molar-refractivity contribution in [3.63, 3.8) is 0 Å². The first-order chi connectivity index (χ1) is 11.5. The van der Waals surface area contributed by atoms with Crippen LogP contribution in [0.2, 0.25) is 0 Å². The fraction of sp³-hybridized carbons (Fsp3) is 0.211. The topological polar surface area (TPSA) is 26.3 Å². The van der Waals surface area contributed by atoms with Gasteiger partial charge in [0, 0.05) is 0 Å². The molecule has 0 spiro atoms. The van der Waals surface area contributed by atoms with Gasteiger partial charge in [-0.3, -0.25) is 0 Å². The van der Waals surface area contributed by atoms with Gasteiger partial charge < -0.3 is 9.53 Å². The van der Waals surface area contributed by atoms with E-state index in [2.05, 4.69) is 4.74 Å². The van der Waals surface area contributed by atoms with E-state index >= 15 is 0 Å². The summed E-state index contributed by atoms with van der Waals surface area (Å²) in [6.45, 7) is 0. The summed E-state index contributed by atoms with van der Waals surface area (Å²) in [4.78, 5) is 11.6. The normalized spacial score (nSPS) is 19.0. The minimum atomic E-state index is -4.72. The first kappa shape index (κ1) is 16.3. The van der Waals surface area contributed by atoms with Crippen LogP contribution < -0.4 is 4.74 Å². The van der Waals surface area contributed by atoms with E-state index in [9.17, 15) is 18.0 Å². The highest BCUT2D eigenvalue weighted by molar-refractivity contribution is 5.74. The minimum absolute atomic E-state index is 0.268. The van der Waals surface area contributed by atoms with Crippen molar-refractivity contribution in [2.24, 2.45) is 0 Å². The van der Waals surface area contributed by atoms with Crippen molar-refractivity contribution >= 4 is 12.4 Å². The molecule has 0 bridgehead atoms. The third-order valence-electron chi connectivity index (χ3n) is 4.05. The Morgan fingerprint density at radius 3 is 2.58 bits per heavy atom. The summed E-state index contributed by atoms with van der Waals surface area (Å²) >= 11 is 0. The van der Waals surface area contributed by atoms with Crippen molar-refractivity contribution in [3.8, 4) is 5.75 Å². The molecule has 1 atom stereocenters. The molecule has 0 heterocycles. The molecule has 124 valence electrons. The zero-order valence-corrected chi connectivity index (χ0v) is 12.7. The second-order valence-electron chi connectivity index (χ2n) is 5.65. The van der Waals surface area contributed by atoms with Gasteiger partial charge in [0.25, 0.3) is 0 Å². The number of hydrogen-bond donors (Lipinski definition) is 0. The van der Waals surface area contributed by atoms with Gasteiger partial charge in [0.15, 0.2) is 0 Å². The molecular formula is C19H15F3O2. The Morgan fingerprint density at radius 1 is 1.04 bits per heavy atom. The number of halogens is 3. The summed E-state index contributed by atoms with van der Waals surface area (Å²) in [5.41, 5.74) is 3.58. The van der Waals surface area contributed by atoms with Gasteiger partial charge in [-0.15, -0.1) is 13.2 Å². The second-order valence-corrected chi connectivity index (χ2v) is 5.65. The minimum Gasteiger partial charge on any atom is -0.406 e. The van der Waals surface area contributed by atoms with Crippen LogP contribution in [0.3, 0.4) is 0 Å². The Kier molecular flexibility index (Phi) is 4.42. The van der Waals surface area contributed by atoms with Gasteiger partial charge in [-0.2, -0.15) is 0 Å². The van der Waals surface area contributed by atoms with E-state index in [1.165, 1.54) is 18.2 Å². The van der Waals surface area contributed by atoms with Crippen LogP contribution in [-0.4, -0.2) is 12.6 Å². The smallest absolute Gasteiger partial charge is 0.406 e. The summed E-state index contributed by atoms with van der Waals surface area (Å²) in [6, 6.07) is 13.5. The van der Waals surface area contributed by atoms with Crippen molar-refractivity contribution in [2.75, 3.05) is 0 Å². The molecule has 24 heavy (non-hydrogen) atoms. The number of rotatable bonds is 3. The molecule has 5 heteroatoms. The number of carbonyl (C=O) groups is 1. The third kappa shape index (κ3) is 3.67. The molecule has 2 nitrogen and oxygen atoms in total. The number of aryl methyl sites for hydroxylation is 1. The highest BCUT2D eigenvalue weighted by Gasteiger charge is 2.31. The van der Waals surface area contributed by atoms with Crippen LogP contribution in [0.25, 0.3) is 6.08 Å². The van der Waals surface area contributed by atoms with Crippen LogP contribution >= 0.6 is 0 Å². The predicted octanol–water partition coefficient (Wildman–Crippen LogP) is 4.90. The molecule has 2 aromatic rings. The summed E-state index contributed by atoms with van der Waals surface area (Å²) in [7, 11) is 0. The van der Waals surface area contributed by atoms with E-state index in [-0.39, 0.29) is 11.7 Å². The monoisotopic (exact) mass is 332 g/mol. The molecule has 1 aliphatic carbocycles. The fourth-order valence-corrected chi connectivity index (χ4v) is 3.04. The van der Waals surface area contributed by atoms with Crippen molar-refractivity contribution in [3.05, 3.63) is 70.8 Å². The third-order valence-corrected chi connectivity index (χ3v) is 4.05. The van der Waals surface area contributed by atoms with Crippen molar-refractivity contribution in [1.29, 1.82) is 0 Å². The number of allylic oxidation sites excluding steroid dienone is 1. The number of carbonyl (C=O) groups excluding carboxylic acids is 1. The second kappa shape index (κ2) is 6.51. The van der Waals surface area contributed by atoms with E-state index in [0.29, 0.717) is 12.0 Å². The molecule has 0 amide bonds. The Morgan fingerprint density at radius 2 is 1.83 bits per heavy atom. The summed E-state index contributed by atoms with van der Waals surface area (Å²) in [6.07, 6.45) is -0.547. The van der Waals surface area contributed by atoms with Crippen LogP contribution in [0, 0.1) is 0 Å². The van der Waals surface area contributed by atoms with Gasteiger partial charge in [0.05, 0.1) is 5.92 Å². The maximum absolute atomic E-state index is 12.3. The van der Waals surface area contributed by atoms with Crippen molar-refractivity contribution < 1.29 is 22.7 Å². The van der Waals surface area contributed by atoms with Gasteiger partial charge in [-0.1, -0.05) is 48.0 Å². The lowest BCUT2D eigenvalue weighted by molar-refractivity contribution is -0.274. The molecule has 0 saturated heterocycles. The summed E-state index contributed by atoms with van der Waals surface area (Å²) < 4.78 is 40.9. The molecule has 1 unspecified atom stereocenters. The molecule has 0 aliphatic heterocycles. The largest absolute Gasteiger partial charge is 0.573 e. The zero-order chi connectivity index (χ0) is 17.2. The maximum atomic E-state index is 12.3. The molecular weight excluding hydrogens is 317 g/mol. The lowest BCUT2D eigenvalue weighted by Gasteiger charge is -2.24. The highest BCUT2D eigenvalue weighted by atomic mass is 19.4. The fourth-order valence-electron chi connectivity index (χ4n) is 3.04. The van der Waals surface area contributed by atoms with Gasteiger partial charge >= 0.3 is 6.36 Å². The first-order valence-electron chi connectivity index (χ1n) is 7.55. The number of alkyl halides is 3. The number of fused-ring (bicyclic) bond motifs is 1. The number of hydrogen-bond acceptors (Lipinski definition) is 2. The van der Waals surface area contributed by atoms with E-state index in [4.69, 9.17) is 0 Å². The van der Waals surface area contributed by atoms with E-state index in [0.717, 1.165) is 29.4 Å². The molecule has 2 aromatic carbocycles. The summed E-state index contributed by atoms with van der Waals surface area (Å²) in [5.74, 6) is -0.627. The Balaban J connectivity index is 1.91. The van der Waals surface area contributed by atoms with Gasteiger partial charge in [0.1, 0.15) is 12.0 Å². The van der Waals surface area contributed by atoms with Crippen molar-refractivity contribution in [2.45, 2.75) is 25.1 Å². The van der Waals surface area contributed by atoms with E-state index in [1.54, 1.807) is 12.1 Å². The lowest BCUT2D eigenvalue weighted by Crippen LogP contribution is -2.17. The molecule has 0 saturated carbocycles. The van der Waals surface area contributed by atoms with E-state index < -0.39 is 6.36 Å². The van der Waals surface area contributed by atoms with Crippen LogP contribution in [0.15, 0.2) is 54.1 Å².